The summed E-state index contributed by atoms with van der Waals surface area (Å²) in [7, 11) is 0. The Morgan fingerprint density at radius 2 is 1.84 bits per heavy atom. The number of nitrogens with zero attached hydrogens (tertiary/aromatic N) is 1. The number of aromatic hydroxyl groups is 2. The quantitative estimate of drug-likeness (QED) is 0.714. The van der Waals surface area contributed by atoms with Crippen LogP contribution in [0.4, 0.5) is 0 Å². The first-order chi connectivity index (χ1) is 8.81. The van der Waals surface area contributed by atoms with Crippen LogP contribution in [0.3, 0.4) is 0 Å². The van der Waals surface area contributed by atoms with Crippen molar-refractivity contribution >= 4 is 23.1 Å². The summed E-state index contributed by atoms with van der Waals surface area (Å²) in [5.41, 5.74) is 5.67. The Labute approximate surface area is 117 Å². The molecule has 0 saturated carbocycles. The smallest absolute Gasteiger partial charge is 0.254 e. The van der Waals surface area contributed by atoms with E-state index in [9.17, 15) is 15.0 Å². The van der Waals surface area contributed by atoms with Crippen LogP contribution in [0.2, 0.25) is 0 Å². The minimum atomic E-state index is -0.280. The molecule has 0 spiro atoms. The summed E-state index contributed by atoms with van der Waals surface area (Å²) in [6.07, 6.45) is 0.435. The lowest BCUT2D eigenvalue weighted by molar-refractivity contribution is 0.0711. The van der Waals surface area contributed by atoms with Gasteiger partial charge in [-0.05, 0) is 26.0 Å². The summed E-state index contributed by atoms with van der Waals surface area (Å²) in [5, 5.41) is 18.8. The van der Waals surface area contributed by atoms with E-state index < -0.39 is 0 Å². The van der Waals surface area contributed by atoms with E-state index in [-0.39, 0.29) is 29.0 Å². The molecule has 104 valence electrons. The molecule has 6 heteroatoms. The first kappa shape index (κ1) is 15.2. The molecule has 5 nitrogen and oxygen atoms in total. The van der Waals surface area contributed by atoms with Crippen LogP contribution >= 0.6 is 12.2 Å². The number of carbonyl (C=O) groups excluding carboxylic acids is 1. The predicted octanol–water partition coefficient (Wildman–Crippen LogP) is 1.62. The van der Waals surface area contributed by atoms with Crippen molar-refractivity contribution in [1.29, 1.82) is 0 Å². The highest BCUT2D eigenvalue weighted by Gasteiger charge is 2.19. The van der Waals surface area contributed by atoms with Crippen molar-refractivity contribution in [1.82, 2.24) is 4.90 Å². The third-order valence-electron chi connectivity index (χ3n) is 2.63. The number of phenols is 2. The van der Waals surface area contributed by atoms with E-state index in [0.29, 0.717) is 18.0 Å². The summed E-state index contributed by atoms with van der Waals surface area (Å²) in [6, 6.07) is 3.77. The monoisotopic (exact) mass is 282 g/mol. The molecule has 0 atom stereocenters. The lowest BCUT2D eigenvalue weighted by Crippen LogP contribution is -2.38. The molecule has 0 aliphatic carbocycles. The molecule has 1 amide bonds. The molecule has 1 aromatic carbocycles. The average molecular weight is 282 g/mol. The summed E-state index contributed by atoms with van der Waals surface area (Å²) < 4.78 is 0. The van der Waals surface area contributed by atoms with Gasteiger partial charge >= 0.3 is 0 Å². The number of nitrogens with two attached hydrogens (primary N) is 1. The number of amides is 1. The molecule has 0 bridgehead atoms. The Bertz CT molecular complexity index is 469. The molecular formula is C13H18N2O3S. The van der Waals surface area contributed by atoms with Crippen molar-refractivity contribution in [2.45, 2.75) is 26.3 Å². The van der Waals surface area contributed by atoms with Gasteiger partial charge in [-0.2, -0.15) is 0 Å². The number of hydrogen-bond donors (Lipinski definition) is 3. The lowest BCUT2D eigenvalue weighted by Gasteiger charge is -2.26. The largest absolute Gasteiger partial charge is 0.508 e. The average Bonchev–Trinajstić information content (AvgIpc) is 2.26. The summed E-state index contributed by atoms with van der Waals surface area (Å²) in [6.45, 7) is 4.16. The van der Waals surface area contributed by atoms with Crippen molar-refractivity contribution in [2.75, 3.05) is 6.54 Å². The van der Waals surface area contributed by atoms with Crippen LogP contribution in [0.15, 0.2) is 18.2 Å². The fraction of sp³-hybridized carbons (Fsp3) is 0.385. The van der Waals surface area contributed by atoms with Crippen molar-refractivity contribution in [3.05, 3.63) is 23.8 Å². The van der Waals surface area contributed by atoms with Crippen molar-refractivity contribution in [2.24, 2.45) is 5.73 Å². The Hall–Kier alpha value is -1.82. The molecule has 0 aliphatic heterocycles. The Balaban J connectivity index is 2.95. The van der Waals surface area contributed by atoms with Gasteiger partial charge < -0.3 is 20.8 Å². The highest BCUT2D eigenvalue weighted by Crippen LogP contribution is 2.22. The molecule has 0 heterocycles. The standard InChI is InChI=1S/C13H18N2O3S/c1-8(2)15(4-3-12(14)19)13(18)9-5-10(16)7-11(17)6-9/h5-8,16-17H,3-4H2,1-2H3,(H2,14,19). The molecule has 0 fully saturated rings. The predicted molar refractivity (Wildman–Crippen MR) is 77.3 cm³/mol. The Morgan fingerprint density at radius 3 is 2.26 bits per heavy atom. The van der Waals surface area contributed by atoms with Crippen molar-refractivity contribution in [3.8, 4) is 11.5 Å². The fourth-order valence-electron chi connectivity index (χ4n) is 1.71. The van der Waals surface area contributed by atoms with Crippen molar-refractivity contribution in [3.63, 3.8) is 0 Å². The maximum Gasteiger partial charge on any atom is 0.254 e. The molecular weight excluding hydrogens is 264 g/mol. The van der Waals surface area contributed by atoms with E-state index in [2.05, 4.69) is 0 Å². The van der Waals surface area contributed by atoms with Gasteiger partial charge in [-0.15, -0.1) is 0 Å². The molecule has 0 radical (unpaired) electrons. The zero-order valence-corrected chi connectivity index (χ0v) is 11.8. The summed E-state index contributed by atoms with van der Waals surface area (Å²) in [4.78, 5) is 14.3. The molecule has 0 saturated heterocycles. The van der Waals surface area contributed by atoms with Crippen LogP contribution in [-0.4, -0.2) is 38.6 Å². The minimum Gasteiger partial charge on any atom is -0.508 e. The summed E-state index contributed by atoms with van der Waals surface area (Å²) >= 11 is 4.81. The normalized spacial score (nSPS) is 10.5. The van der Waals surface area contributed by atoms with Gasteiger partial charge in [0.1, 0.15) is 11.5 Å². The Morgan fingerprint density at radius 1 is 1.32 bits per heavy atom. The topological polar surface area (TPSA) is 86.8 Å². The maximum absolute atomic E-state index is 12.3. The molecule has 1 rings (SSSR count). The van der Waals surface area contributed by atoms with Gasteiger partial charge in [0.25, 0.3) is 5.91 Å². The van der Waals surface area contributed by atoms with Crippen LogP contribution in [-0.2, 0) is 0 Å². The van der Waals surface area contributed by atoms with E-state index in [1.807, 2.05) is 13.8 Å². The van der Waals surface area contributed by atoms with Crippen LogP contribution in [0.25, 0.3) is 0 Å². The number of hydrogen-bond acceptors (Lipinski definition) is 4. The first-order valence-electron chi connectivity index (χ1n) is 5.93. The summed E-state index contributed by atoms with van der Waals surface area (Å²) in [5.74, 6) is -0.583. The van der Waals surface area contributed by atoms with E-state index in [1.165, 1.54) is 18.2 Å². The molecule has 0 unspecified atom stereocenters. The number of benzene rings is 1. The van der Waals surface area contributed by atoms with Gasteiger partial charge in [0.2, 0.25) is 0 Å². The third-order valence-corrected chi connectivity index (χ3v) is 2.84. The van der Waals surface area contributed by atoms with Gasteiger partial charge in [-0.3, -0.25) is 4.79 Å². The van der Waals surface area contributed by atoms with E-state index in [1.54, 1.807) is 4.90 Å². The van der Waals surface area contributed by atoms with Gasteiger partial charge in [-0.25, -0.2) is 0 Å². The fourth-order valence-corrected chi connectivity index (χ4v) is 1.80. The number of rotatable bonds is 5. The second kappa shape index (κ2) is 6.38. The highest BCUT2D eigenvalue weighted by molar-refractivity contribution is 7.80. The maximum atomic E-state index is 12.3. The zero-order chi connectivity index (χ0) is 14.6. The van der Waals surface area contributed by atoms with Gasteiger partial charge in [0.15, 0.2) is 0 Å². The molecule has 19 heavy (non-hydrogen) atoms. The SMILES string of the molecule is CC(C)N(CCC(N)=S)C(=O)c1cc(O)cc(O)c1. The van der Waals surface area contributed by atoms with Crippen LogP contribution < -0.4 is 5.73 Å². The van der Waals surface area contributed by atoms with Crippen LogP contribution in [0.1, 0.15) is 30.6 Å². The number of carbonyl (C=O) groups is 1. The third kappa shape index (κ3) is 4.40. The van der Waals surface area contributed by atoms with Crippen molar-refractivity contribution < 1.29 is 15.0 Å². The lowest BCUT2D eigenvalue weighted by atomic mass is 10.1. The number of phenolic OH excluding ortho intramolecular Hbond substituents is 2. The second-order valence-electron chi connectivity index (χ2n) is 4.55. The second-order valence-corrected chi connectivity index (χ2v) is 5.07. The van der Waals surface area contributed by atoms with E-state index in [4.69, 9.17) is 18.0 Å². The molecule has 0 aliphatic rings. The number of thiocarbonyl (C=S) groups is 1. The van der Waals surface area contributed by atoms with Crippen LogP contribution in [0.5, 0.6) is 11.5 Å². The van der Waals surface area contributed by atoms with Crippen LogP contribution in [0, 0.1) is 0 Å². The van der Waals surface area contributed by atoms with Gasteiger partial charge in [-0.1, -0.05) is 12.2 Å². The first-order valence-corrected chi connectivity index (χ1v) is 6.34. The Kier molecular flexibility index (Phi) is 5.11. The zero-order valence-electron chi connectivity index (χ0n) is 11.0. The minimum absolute atomic E-state index is 0.0358. The molecule has 4 N–H and O–H groups in total. The molecule has 0 aromatic heterocycles. The molecule has 1 aromatic rings. The van der Waals surface area contributed by atoms with Gasteiger partial charge in [0, 0.05) is 30.6 Å². The van der Waals surface area contributed by atoms with E-state index >= 15 is 0 Å². The highest BCUT2D eigenvalue weighted by atomic mass is 32.1. The van der Waals surface area contributed by atoms with Gasteiger partial charge in [0.05, 0.1) is 4.99 Å². The van der Waals surface area contributed by atoms with E-state index in [0.717, 1.165) is 0 Å².